The van der Waals surface area contributed by atoms with Gasteiger partial charge in [-0.2, -0.15) is 0 Å². The molecule has 3 aliphatic rings. The summed E-state index contributed by atoms with van der Waals surface area (Å²) < 4.78 is 22.7. The van der Waals surface area contributed by atoms with Gasteiger partial charge in [0.05, 0.1) is 24.3 Å². The van der Waals surface area contributed by atoms with Crippen molar-refractivity contribution in [2.75, 3.05) is 33.0 Å². The number of carbonyl (C=O) groups excluding carboxylic acids is 2. The number of aliphatic hydroxyl groups excluding tert-OH is 1. The van der Waals surface area contributed by atoms with Crippen LogP contribution >= 0.6 is 0 Å². The number of benzene rings is 2. The van der Waals surface area contributed by atoms with Gasteiger partial charge in [-0.3, -0.25) is 9.59 Å². The van der Waals surface area contributed by atoms with Crippen LogP contribution in [0.25, 0.3) is 5.76 Å². The number of ether oxygens (including phenoxy) is 4. The Morgan fingerprint density at radius 3 is 2.54 bits per heavy atom. The fourth-order valence-corrected chi connectivity index (χ4v) is 4.74. The molecule has 8 nitrogen and oxygen atoms in total. The molecule has 0 unspecified atom stereocenters. The van der Waals surface area contributed by atoms with Gasteiger partial charge in [-0.05, 0) is 55.2 Å². The van der Waals surface area contributed by atoms with E-state index < -0.39 is 17.7 Å². The van der Waals surface area contributed by atoms with E-state index in [4.69, 9.17) is 18.9 Å². The Kier molecular flexibility index (Phi) is 6.63. The van der Waals surface area contributed by atoms with Gasteiger partial charge in [0.1, 0.15) is 24.7 Å². The molecule has 5 rings (SSSR count). The van der Waals surface area contributed by atoms with Crippen LogP contribution in [0.5, 0.6) is 17.2 Å². The third kappa shape index (κ3) is 4.58. The number of carbonyl (C=O) groups is 2. The Balaban J connectivity index is 1.55. The fraction of sp³-hybridized carbons (Fsp3) is 0.407. The molecule has 184 valence electrons. The van der Waals surface area contributed by atoms with Crippen molar-refractivity contribution in [2.45, 2.75) is 38.3 Å². The summed E-state index contributed by atoms with van der Waals surface area (Å²) in [6, 6.07) is 11.6. The van der Waals surface area contributed by atoms with Crippen molar-refractivity contribution in [2.24, 2.45) is 0 Å². The van der Waals surface area contributed by atoms with E-state index in [1.54, 1.807) is 18.2 Å². The highest BCUT2D eigenvalue weighted by atomic mass is 16.6. The predicted molar refractivity (Wildman–Crippen MR) is 128 cm³/mol. The van der Waals surface area contributed by atoms with E-state index in [-0.39, 0.29) is 24.0 Å². The van der Waals surface area contributed by atoms with Crippen molar-refractivity contribution in [3.05, 3.63) is 59.2 Å². The second kappa shape index (κ2) is 10.00. The van der Waals surface area contributed by atoms with E-state index in [9.17, 15) is 14.7 Å². The lowest BCUT2D eigenvalue weighted by atomic mass is 9.95. The van der Waals surface area contributed by atoms with E-state index in [1.807, 2.05) is 31.2 Å². The lowest BCUT2D eigenvalue weighted by Crippen LogP contribution is -2.36. The van der Waals surface area contributed by atoms with Gasteiger partial charge in [-0.1, -0.05) is 19.1 Å². The number of rotatable bonds is 7. The highest BCUT2D eigenvalue weighted by molar-refractivity contribution is 6.46. The molecular formula is C27H29NO7. The summed E-state index contributed by atoms with van der Waals surface area (Å²) in [5.74, 6) is 0.168. The molecule has 2 fully saturated rings. The third-order valence-electron chi connectivity index (χ3n) is 6.45. The van der Waals surface area contributed by atoms with E-state index in [0.29, 0.717) is 54.8 Å². The third-order valence-corrected chi connectivity index (χ3v) is 6.45. The number of nitrogens with zero attached hydrogens (tertiary/aromatic N) is 1. The molecule has 0 radical (unpaired) electrons. The lowest BCUT2D eigenvalue weighted by Gasteiger charge is -2.27. The maximum atomic E-state index is 13.3. The van der Waals surface area contributed by atoms with Gasteiger partial charge in [0.15, 0.2) is 11.5 Å². The Morgan fingerprint density at radius 1 is 1.06 bits per heavy atom. The second-order valence-electron chi connectivity index (χ2n) is 8.86. The van der Waals surface area contributed by atoms with Gasteiger partial charge in [-0.25, -0.2) is 0 Å². The minimum atomic E-state index is -0.743. The molecule has 2 atom stereocenters. The molecule has 2 aromatic rings. The zero-order valence-corrected chi connectivity index (χ0v) is 19.7. The molecule has 0 aliphatic carbocycles. The summed E-state index contributed by atoms with van der Waals surface area (Å²) in [7, 11) is 0. The van der Waals surface area contributed by atoms with Gasteiger partial charge in [0.25, 0.3) is 11.7 Å². The Hall–Kier alpha value is -3.52. The van der Waals surface area contributed by atoms with Gasteiger partial charge in [0, 0.05) is 18.7 Å². The van der Waals surface area contributed by atoms with Crippen LogP contribution in [0.15, 0.2) is 48.0 Å². The molecule has 0 bridgehead atoms. The van der Waals surface area contributed by atoms with Crippen molar-refractivity contribution in [3.8, 4) is 17.2 Å². The molecule has 8 heteroatoms. The molecule has 0 spiro atoms. The maximum absolute atomic E-state index is 13.3. The highest BCUT2D eigenvalue weighted by Crippen LogP contribution is 2.42. The molecule has 35 heavy (non-hydrogen) atoms. The molecule has 3 heterocycles. The van der Waals surface area contributed by atoms with Gasteiger partial charge in [-0.15, -0.1) is 0 Å². The molecule has 0 saturated carbocycles. The van der Waals surface area contributed by atoms with Crippen molar-refractivity contribution < 1.29 is 33.6 Å². The number of ketones is 1. The monoisotopic (exact) mass is 479 g/mol. The van der Waals surface area contributed by atoms with Crippen LogP contribution in [-0.4, -0.2) is 60.8 Å². The summed E-state index contributed by atoms with van der Waals surface area (Å²) in [4.78, 5) is 27.9. The Morgan fingerprint density at radius 2 is 1.83 bits per heavy atom. The topological polar surface area (TPSA) is 94.5 Å². The maximum Gasteiger partial charge on any atom is 0.295 e. The zero-order valence-electron chi connectivity index (χ0n) is 19.7. The summed E-state index contributed by atoms with van der Waals surface area (Å²) in [6.45, 7) is 4.40. The predicted octanol–water partition coefficient (Wildman–Crippen LogP) is 3.85. The summed E-state index contributed by atoms with van der Waals surface area (Å²) >= 11 is 0. The number of Topliss-reactive ketones (excluding diaryl/α,β-unsaturated/α-hetero) is 1. The fourth-order valence-electron chi connectivity index (χ4n) is 4.74. The molecule has 3 aliphatic heterocycles. The van der Waals surface area contributed by atoms with Crippen LogP contribution in [-0.2, 0) is 14.3 Å². The van der Waals surface area contributed by atoms with Crippen LogP contribution in [0, 0.1) is 0 Å². The highest BCUT2D eigenvalue weighted by Gasteiger charge is 2.47. The molecule has 1 amide bonds. The number of likely N-dealkylation sites (tertiary alicyclic amines) is 1. The minimum Gasteiger partial charge on any atom is -0.507 e. The van der Waals surface area contributed by atoms with E-state index >= 15 is 0 Å². The first-order chi connectivity index (χ1) is 17.1. The van der Waals surface area contributed by atoms with Crippen molar-refractivity contribution in [1.82, 2.24) is 4.90 Å². The number of hydrogen-bond donors (Lipinski definition) is 1. The standard InChI is InChI=1S/C27H29NO7/c1-2-11-32-19-8-5-17(6-9-19)24-23(26(30)27(31)28(24)16-20-4-3-12-33-20)25(29)18-7-10-21-22(15-18)35-14-13-34-21/h5-10,15,20,24,29H,2-4,11-14,16H2,1H3/t20-,24-/m0/s1. The summed E-state index contributed by atoms with van der Waals surface area (Å²) in [6.07, 6.45) is 2.48. The summed E-state index contributed by atoms with van der Waals surface area (Å²) in [5, 5.41) is 11.3. The number of fused-ring (bicyclic) bond motifs is 1. The largest absolute Gasteiger partial charge is 0.507 e. The normalized spacial score (nSPS) is 23.1. The number of amides is 1. The lowest BCUT2D eigenvalue weighted by molar-refractivity contribution is -0.140. The van der Waals surface area contributed by atoms with E-state index in [0.717, 1.165) is 19.3 Å². The van der Waals surface area contributed by atoms with Gasteiger partial charge < -0.3 is 29.0 Å². The van der Waals surface area contributed by atoms with Crippen LogP contribution in [0.3, 0.4) is 0 Å². The first kappa shape index (κ1) is 23.2. The van der Waals surface area contributed by atoms with E-state index in [2.05, 4.69) is 0 Å². The van der Waals surface area contributed by atoms with Crippen molar-refractivity contribution >= 4 is 17.4 Å². The molecule has 0 aromatic heterocycles. The number of aliphatic hydroxyl groups is 1. The average Bonchev–Trinajstić information content (AvgIpc) is 3.49. The Labute approximate surface area is 204 Å². The molecule has 2 saturated heterocycles. The van der Waals surface area contributed by atoms with Crippen LogP contribution in [0.1, 0.15) is 43.4 Å². The molecular weight excluding hydrogens is 450 g/mol. The SMILES string of the molecule is CCCOc1ccc([C@H]2C(=C(O)c3ccc4c(c3)OCCO4)C(=O)C(=O)N2C[C@@H]2CCCO2)cc1. The Bertz CT molecular complexity index is 1130. The van der Waals surface area contributed by atoms with Crippen LogP contribution < -0.4 is 14.2 Å². The zero-order chi connectivity index (χ0) is 24.4. The first-order valence-electron chi connectivity index (χ1n) is 12.1. The number of hydrogen-bond acceptors (Lipinski definition) is 7. The second-order valence-corrected chi connectivity index (χ2v) is 8.86. The van der Waals surface area contributed by atoms with Crippen molar-refractivity contribution in [3.63, 3.8) is 0 Å². The van der Waals surface area contributed by atoms with Crippen LogP contribution in [0.2, 0.25) is 0 Å². The molecule has 1 N–H and O–H groups in total. The quantitative estimate of drug-likeness (QED) is 0.366. The molecule has 2 aromatic carbocycles. The van der Waals surface area contributed by atoms with Crippen LogP contribution in [0.4, 0.5) is 0 Å². The van der Waals surface area contributed by atoms with Gasteiger partial charge >= 0.3 is 0 Å². The van der Waals surface area contributed by atoms with Crippen molar-refractivity contribution in [1.29, 1.82) is 0 Å². The average molecular weight is 480 g/mol. The van der Waals surface area contributed by atoms with Gasteiger partial charge in [0.2, 0.25) is 0 Å². The summed E-state index contributed by atoms with van der Waals surface area (Å²) in [5.41, 5.74) is 1.15. The smallest absolute Gasteiger partial charge is 0.295 e. The minimum absolute atomic E-state index is 0.0481. The first-order valence-corrected chi connectivity index (χ1v) is 12.1. The van der Waals surface area contributed by atoms with E-state index in [1.165, 1.54) is 4.90 Å².